The van der Waals surface area contributed by atoms with Crippen LogP contribution in [0.1, 0.15) is 10.5 Å². The zero-order valence-electron chi connectivity index (χ0n) is 14.3. The highest BCUT2D eigenvalue weighted by atomic mass is 16.5. The first-order valence-electron chi connectivity index (χ1n) is 8.38. The van der Waals surface area contributed by atoms with Gasteiger partial charge in [0.25, 0.3) is 5.91 Å². The monoisotopic (exact) mass is 356 g/mol. The molecule has 0 spiro atoms. The number of carbonyl (C=O) groups excluding carboxylic acids is 1. The molecule has 0 aliphatic carbocycles. The first-order valence-corrected chi connectivity index (χ1v) is 8.38. The van der Waals surface area contributed by atoms with Crippen molar-refractivity contribution in [2.45, 2.75) is 0 Å². The van der Waals surface area contributed by atoms with Crippen molar-refractivity contribution in [3.63, 3.8) is 0 Å². The Labute approximate surface area is 155 Å². The fraction of sp³-hybridized carbons (Fsp3) is 0. The van der Waals surface area contributed by atoms with E-state index in [0.717, 1.165) is 11.1 Å². The number of anilines is 1. The Hall–Kier alpha value is -3.93. The molecule has 0 saturated carbocycles. The van der Waals surface area contributed by atoms with Crippen LogP contribution in [0.2, 0.25) is 0 Å². The third-order valence-corrected chi connectivity index (χ3v) is 3.91. The number of H-pyrrole nitrogens is 1. The lowest BCUT2D eigenvalue weighted by atomic mass is 10.1. The number of benzene rings is 1. The molecular weight excluding hydrogens is 340 g/mol. The third kappa shape index (κ3) is 3.85. The predicted molar refractivity (Wildman–Crippen MR) is 103 cm³/mol. The third-order valence-electron chi connectivity index (χ3n) is 3.91. The van der Waals surface area contributed by atoms with E-state index in [9.17, 15) is 4.79 Å². The number of nitrogens with zero attached hydrogens (tertiary/aromatic N) is 2. The molecule has 3 heterocycles. The molecule has 0 aliphatic rings. The van der Waals surface area contributed by atoms with E-state index in [-0.39, 0.29) is 5.91 Å². The average molecular weight is 356 g/mol. The van der Waals surface area contributed by atoms with Crippen LogP contribution in [0.25, 0.3) is 11.1 Å². The molecule has 2 N–H and O–H groups in total. The second-order valence-corrected chi connectivity index (χ2v) is 5.76. The van der Waals surface area contributed by atoms with Crippen LogP contribution in [0, 0.1) is 0 Å². The van der Waals surface area contributed by atoms with Gasteiger partial charge in [0.15, 0.2) is 0 Å². The summed E-state index contributed by atoms with van der Waals surface area (Å²) in [5.74, 6) is 0.785. The quantitative estimate of drug-likeness (QED) is 0.551. The minimum Gasteiger partial charge on any atom is -0.437 e. The van der Waals surface area contributed by atoms with E-state index in [2.05, 4.69) is 20.3 Å². The first kappa shape index (κ1) is 16.5. The maximum atomic E-state index is 12.6. The summed E-state index contributed by atoms with van der Waals surface area (Å²) in [6, 6.07) is 18.6. The molecule has 1 aromatic carbocycles. The molecule has 0 saturated heterocycles. The minimum atomic E-state index is -0.235. The van der Waals surface area contributed by atoms with Gasteiger partial charge in [-0.25, -0.2) is 4.98 Å². The molecule has 27 heavy (non-hydrogen) atoms. The largest absolute Gasteiger partial charge is 0.437 e. The summed E-state index contributed by atoms with van der Waals surface area (Å²) >= 11 is 0. The van der Waals surface area contributed by atoms with E-state index in [1.165, 1.54) is 0 Å². The van der Waals surface area contributed by atoms with Crippen molar-refractivity contribution in [1.82, 2.24) is 15.0 Å². The van der Waals surface area contributed by atoms with Crippen LogP contribution in [-0.2, 0) is 0 Å². The summed E-state index contributed by atoms with van der Waals surface area (Å²) in [6.45, 7) is 0. The van der Waals surface area contributed by atoms with Crippen LogP contribution >= 0.6 is 0 Å². The van der Waals surface area contributed by atoms with E-state index >= 15 is 0 Å². The van der Waals surface area contributed by atoms with Crippen molar-refractivity contribution < 1.29 is 9.53 Å². The number of carbonyl (C=O) groups is 1. The van der Waals surface area contributed by atoms with E-state index in [1.54, 1.807) is 49.1 Å². The average Bonchev–Trinajstić information content (AvgIpc) is 3.21. The lowest BCUT2D eigenvalue weighted by Gasteiger charge is -2.08. The molecule has 6 nitrogen and oxygen atoms in total. The summed E-state index contributed by atoms with van der Waals surface area (Å²) in [7, 11) is 0. The van der Waals surface area contributed by atoms with Gasteiger partial charge in [-0.1, -0.05) is 30.3 Å². The number of pyridine rings is 2. The highest BCUT2D eigenvalue weighted by Gasteiger charge is 2.14. The molecule has 1 amide bonds. The molecule has 0 aliphatic heterocycles. The number of amides is 1. The lowest BCUT2D eigenvalue weighted by molar-refractivity contribution is 0.102. The summed E-state index contributed by atoms with van der Waals surface area (Å²) < 4.78 is 5.60. The van der Waals surface area contributed by atoms with E-state index in [4.69, 9.17) is 4.74 Å². The zero-order chi connectivity index (χ0) is 18.5. The Kier molecular flexibility index (Phi) is 4.61. The minimum absolute atomic E-state index is 0.235. The van der Waals surface area contributed by atoms with E-state index in [0.29, 0.717) is 23.0 Å². The summed E-state index contributed by atoms with van der Waals surface area (Å²) in [6.07, 6.45) is 6.58. The van der Waals surface area contributed by atoms with Crippen LogP contribution < -0.4 is 10.1 Å². The molecule has 132 valence electrons. The molecule has 0 unspecified atom stereocenters. The maximum absolute atomic E-state index is 12.6. The summed E-state index contributed by atoms with van der Waals surface area (Å²) in [4.78, 5) is 23.8. The van der Waals surface area contributed by atoms with Crippen LogP contribution in [0.5, 0.6) is 11.6 Å². The summed E-state index contributed by atoms with van der Waals surface area (Å²) in [5.41, 5.74) is 2.89. The van der Waals surface area contributed by atoms with Crippen molar-refractivity contribution in [1.29, 1.82) is 0 Å². The van der Waals surface area contributed by atoms with Crippen LogP contribution in [0.3, 0.4) is 0 Å². The Morgan fingerprint density at radius 1 is 0.963 bits per heavy atom. The number of nitrogens with one attached hydrogen (secondary N) is 2. The Morgan fingerprint density at radius 3 is 2.59 bits per heavy atom. The number of rotatable bonds is 5. The van der Waals surface area contributed by atoms with Gasteiger partial charge in [-0.3, -0.25) is 9.78 Å². The van der Waals surface area contributed by atoms with Gasteiger partial charge in [-0.05, 0) is 29.8 Å². The maximum Gasteiger partial charge on any atom is 0.272 e. The molecule has 0 atom stereocenters. The van der Waals surface area contributed by atoms with Crippen LogP contribution in [0.4, 0.5) is 5.69 Å². The number of hydrogen-bond acceptors (Lipinski definition) is 4. The van der Waals surface area contributed by atoms with Gasteiger partial charge >= 0.3 is 0 Å². The van der Waals surface area contributed by atoms with E-state index in [1.807, 2.05) is 36.4 Å². The van der Waals surface area contributed by atoms with Gasteiger partial charge in [-0.2, -0.15) is 0 Å². The SMILES string of the molecule is O=C(Nc1ccc(Oc2cccnc2)nc1)c1[nH]ccc1-c1ccccc1. The van der Waals surface area contributed by atoms with Gasteiger partial charge in [-0.15, -0.1) is 0 Å². The number of ether oxygens (including phenoxy) is 1. The van der Waals surface area contributed by atoms with Crippen molar-refractivity contribution in [3.8, 4) is 22.8 Å². The van der Waals surface area contributed by atoms with Gasteiger partial charge in [0, 0.05) is 24.0 Å². The Balaban J connectivity index is 1.47. The van der Waals surface area contributed by atoms with Crippen molar-refractivity contribution in [3.05, 3.63) is 91.1 Å². The number of aromatic amines is 1. The van der Waals surface area contributed by atoms with E-state index < -0.39 is 0 Å². The number of hydrogen-bond donors (Lipinski definition) is 2. The standard InChI is InChI=1S/C21H16N4O2/c26-21(20-18(10-12-23-20)15-5-2-1-3-6-15)25-16-8-9-19(24-13-16)27-17-7-4-11-22-14-17/h1-14,23H,(H,25,26). The molecule has 4 aromatic rings. The molecular formula is C21H16N4O2. The second-order valence-electron chi connectivity index (χ2n) is 5.76. The van der Waals surface area contributed by atoms with Crippen LogP contribution in [0.15, 0.2) is 85.5 Å². The smallest absolute Gasteiger partial charge is 0.272 e. The zero-order valence-corrected chi connectivity index (χ0v) is 14.3. The normalized spacial score (nSPS) is 10.4. The highest BCUT2D eigenvalue weighted by Crippen LogP contribution is 2.24. The topological polar surface area (TPSA) is 79.9 Å². The van der Waals surface area contributed by atoms with Gasteiger partial charge in [0.05, 0.1) is 18.1 Å². The molecule has 0 fully saturated rings. The first-order chi connectivity index (χ1) is 13.3. The Morgan fingerprint density at radius 2 is 1.85 bits per heavy atom. The fourth-order valence-corrected chi connectivity index (χ4v) is 2.65. The van der Waals surface area contributed by atoms with Crippen LogP contribution in [-0.4, -0.2) is 20.9 Å². The molecule has 6 heteroatoms. The lowest BCUT2D eigenvalue weighted by Crippen LogP contribution is -2.13. The van der Waals surface area contributed by atoms with Crippen molar-refractivity contribution in [2.75, 3.05) is 5.32 Å². The van der Waals surface area contributed by atoms with Crippen molar-refractivity contribution in [2.24, 2.45) is 0 Å². The van der Waals surface area contributed by atoms with Gasteiger partial charge in [0.2, 0.25) is 5.88 Å². The number of aromatic nitrogens is 3. The summed E-state index contributed by atoms with van der Waals surface area (Å²) in [5, 5.41) is 2.84. The molecule has 0 radical (unpaired) electrons. The van der Waals surface area contributed by atoms with Crippen molar-refractivity contribution >= 4 is 11.6 Å². The molecule has 3 aromatic heterocycles. The van der Waals surface area contributed by atoms with Gasteiger partial charge in [0.1, 0.15) is 11.4 Å². The second kappa shape index (κ2) is 7.53. The predicted octanol–water partition coefficient (Wildman–Crippen LogP) is 4.52. The highest BCUT2D eigenvalue weighted by molar-refractivity contribution is 6.07. The fourth-order valence-electron chi connectivity index (χ4n) is 2.65. The molecule has 4 rings (SSSR count). The van der Waals surface area contributed by atoms with Gasteiger partial charge < -0.3 is 15.0 Å². The molecule has 0 bridgehead atoms. The Bertz CT molecular complexity index is 1030.